The Labute approximate surface area is 426 Å². The minimum Gasteiger partial charge on any atom is -0.509 e. The largest absolute Gasteiger partial charge is 0.509 e. The van der Waals surface area contributed by atoms with Gasteiger partial charge >= 0.3 is 0 Å². The van der Waals surface area contributed by atoms with Crippen LogP contribution in [0.4, 0.5) is 0 Å². The summed E-state index contributed by atoms with van der Waals surface area (Å²) in [6.45, 7) is 2.26. The summed E-state index contributed by atoms with van der Waals surface area (Å²) in [5.74, 6) is 2.06. The third-order valence-corrected chi connectivity index (χ3v) is 16.0. The molecule has 0 spiro atoms. The molecular weight excluding hydrogens is 869 g/mol. The Morgan fingerprint density at radius 2 is 0.847 bits per heavy atom. The van der Waals surface area contributed by atoms with E-state index in [1.165, 1.54) is 33.0 Å². The summed E-state index contributed by atoms with van der Waals surface area (Å²) in [6.07, 6.45) is 0. The van der Waals surface area contributed by atoms with Gasteiger partial charge in [-0.05, 0) is 70.0 Å². The Morgan fingerprint density at radius 3 is 1.47 bits per heavy atom. The second-order valence-corrected chi connectivity index (χ2v) is 19.6. The van der Waals surface area contributed by atoms with Crippen molar-refractivity contribution in [3.05, 3.63) is 169 Å². The van der Waals surface area contributed by atoms with Gasteiger partial charge in [-0.3, -0.25) is 4.57 Å². The number of nitrogens with zero attached hydrogens (tertiary/aromatic N) is 5. The van der Waals surface area contributed by atoms with Crippen LogP contribution in [0.2, 0.25) is 0 Å². The Morgan fingerprint density at radius 1 is 0.375 bits per heavy atom. The lowest BCUT2D eigenvalue weighted by atomic mass is 9.61. The monoisotopic (exact) mass is 917 g/mol. The fraction of sp³-hybridized carbons (Fsp3) is 0.0172. The smallest absolute Gasteiger partial charge is 0.238 e. The molecule has 0 saturated carbocycles. The van der Waals surface area contributed by atoms with Crippen LogP contribution in [0, 0.1) is 6.92 Å². The van der Waals surface area contributed by atoms with E-state index < -0.39 is 0 Å². The van der Waals surface area contributed by atoms with Crippen molar-refractivity contribution in [3.63, 3.8) is 0 Å². The molecule has 14 heteroatoms. The molecule has 0 amide bonds. The van der Waals surface area contributed by atoms with Gasteiger partial charge in [-0.15, -0.1) is 10.9 Å². The van der Waals surface area contributed by atoms with E-state index in [4.69, 9.17) is 15.0 Å². The molecule has 0 bridgehead atoms. The van der Waals surface area contributed by atoms with Crippen LogP contribution in [0.3, 0.4) is 0 Å². The minimum absolute atomic E-state index is 0.344. The zero-order chi connectivity index (χ0) is 49.7. The van der Waals surface area contributed by atoms with Crippen LogP contribution < -0.4 is 43.7 Å². The quantitative estimate of drug-likeness (QED) is 0.237. The van der Waals surface area contributed by atoms with Gasteiger partial charge in [0.25, 0.3) is 0 Å². The molecule has 72 heavy (non-hydrogen) atoms. The van der Waals surface area contributed by atoms with Crippen molar-refractivity contribution in [2.75, 3.05) is 0 Å². The molecule has 12 rings (SSSR count). The maximum atomic E-state index is 11.8. The first-order valence-corrected chi connectivity index (χ1v) is 24.9. The number of phenols is 1. The molecule has 334 valence electrons. The lowest BCUT2D eigenvalue weighted by Gasteiger charge is -2.26. The predicted octanol–water partition coefficient (Wildman–Crippen LogP) is 0.482. The van der Waals surface area contributed by atoms with E-state index in [0.29, 0.717) is 23.3 Å². The maximum Gasteiger partial charge on any atom is 0.238 e. The molecule has 0 aliphatic heterocycles. The normalized spacial score (nSPS) is 11.6. The summed E-state index contributed by atoms with van der Waals surface area (Å²) in [4.78, 5) is 16.0. The fourth-order valence-electron chi connectivity index (χ4n) is 11.5. The van der Waals surface area contributed by atoms with Gasteiger partial charge in [0.1, 0.15) is 68.5 Å². The van der Waals surface area contributed by atoms with Crippen LogP contribution in [-0.4, -0.2) is 92.0 Å². The predicted molar refractivity (Wildman–Crippen MR) is 328 cm³/mol. The average Bonchev–Trinajstić information content (AvgIpc) is 3.95. The number of hydrogen-bond donors (Lipinski definition) is 1. The first-order valence-electron chi connectivity index (χ1n) is 24.9. The van der Waals surface area contributed by atoms with E-state index in [-0.39, 0.29) is 0 Å². The second kappa shape index (κ2) is 17.3. The van der Waals surface area contributed by atoms with Gasteiger partial charge in [-0.2, -0.15) is 9.97 Å². The van der Waals surface area contributed by atoms with Gasteiger partial charge < -0.3 is 9.67 Å². The highest BCUT2D eigenvalue weighted by molar-refractivity contribution is 6.65. The van der Waals surface area contributed by atoms with Crippen molar-refractivity contribution in [2.24, 2.45) is 0 Å². The molecule has 0 saturated heterocycles. The third kappa shape index (κ3) is 6.94. The van der Waals surface area contributed by atoms with E-state index in [2.05, 4.69) is 211 Å². The molecule has 0 radical (unpaired) electrons. The van der Waals surface area contributed by atoms with Gasteiger partial charge in [0.05, 0.1) is 22.1 Å². The second-order valence-electron chi connectivity index (χ2n) is 19.6. The molecule has 0 aliphatic carbocycles. The van der Waals surface area contributed by atoms with E-state index >= 15 is 0 Å². The summed E-state index contributed by atoms with van der Waals surface area (Å²) < 4.78 is 4.70. The highest BCUT2D eigenvalue weighted by Gasteiger charge is 2.26. The molecule has 0 fully saturated rings. The van der Waals surface area contributed by atoms with Gasteiger partial charge in [0.15, 0.2) is 11.6 Å². The molecule has 3 aromatic heterocycles. The Hall–Kier alpha value is -8.09. The molecule has 0 aliphatic rings. The van der Waals surface area contributed by atoms with E-state index in [9.17, 15) is 5.11 Å². The van der Waals surface area contributed by atoms with Crippen molar-refractivity contribution in [1.82, 2.24) is 24.1 Å². The van der Waals surface area contributed by atoms with Gasteiger partial charge in [0, 0.05) is 38.4 Å². The van der Waals surface area contributed by atoms with Crippen LogP contribution >= 0.6 is 0 Å². The lowest BCUT2D eigenvalue weighted by molar-refractivity contribution is 0.484. The number of phenolic OH excluding ortho intramolecular Hbond substituents is 1. The summed E-state index contributed by atoms with van der Waals surface area (Å²) in [6, 6.07) is 58.0. The van der Waals surface area contributed by atoms with E-state index in [0.717, 1.165) is 110 Å². The highest BCUT2D eigenvalue weighted by atomic mass is 16.3. The van der Waals surface area contributed by atoms with Crippen LogP contribution in [0.25, 0.3) is 111 Å². The third-order valence-electron chi connectivity index (χ3n) is 16.0. The summed E-state index contributed by atoms with van der Waals surface area (Å²) in [5, 5.41) is 16.3. The Balaban J connectivity index is 1.19. The zero-order valence-electron chi connectivity index (χ0n) is 42.3. The van der Waals surface area contributed by atoms with E-state index in [1.807, 2.05) is 32.1 Å². The number of hydrogen-bond acceptors (Lipinski definition) is 4. The zero-order valence-corrected chi connectivity index (χ0v) is 42.3. The van der Waals surface area contributed by atoms with Crippen LogP contribution in [0.5, 0.6) is 5.75 Å². The number of aromatic hydroxyl groups is 1. The Kier molecular flexibility index (Phi) is 10.9. The van der Waals surface area contributed by atoms with Gasteiger partial charge in [0.2, 0.25) is 5.95 Å². The lowest BCUT2D eigenvalue weighted by Crippen LogP contribution is -2.49. The summed E-state index contributed by atoms with van der Waals surface area (Å²) >= 11 is 0. The standard InChI is InChI=1S/C58H47B8N5O/c1-29-43(46(60)50(64)49(63)45(29)59)37-25-24-34(28-40(37)44-47(61)51(65)52(66)55(72)48(44)62)70-41-18-10-8-16-35(41)38-26-27-39-36-17-9-11-19-42(36)71(54(39)53(38)70)58-68-56(32-14-6-3-7-15-32)67-57(69-58)33-22-20-31(21-23-33)30-12-4-2-5-13-30/h2-28,72H,59-66H2,1H3. The molecule has 9 aromatic carbocycles. The first kappa shape index (κ1) is 45.1. The van der Waals surface area contributed by atoms with Crippen molar-refractivity contribution in [3.8, 4) is 73.5 Å². The van der Waals surface area contributed by atoms with Crippen molar-refractivity contribution in [1.29, 1.82) is 0 Å². The first-order chi connectivity index (χ1) is 34.9. The molecule has 0 atom stereocenters. The minimum atomic E-state index is 0.344. The van der Waals surface area contributed by atoms with Crippen molar-refractivity contribution in [2.45, 2.75) is 6.92 Å². The van der Waals surface area contributed by atoms with Crippen molar-refractivity contribution < 1.29 is 5.11 Å². The molecule has 6 nitrogen and oxygen atoms in total. The van der Waals surface area contributed by atoms with Gasteiger partial charge in [-0.1, -0.05) is 172 Å². The number of benzene rings is 9. The fourth-order valence-corrected chi connectivity index (χ4v) is 11.5. The van der Waals surface area contributed by atoms with Crippen molar-refractivity contribution >= 4 is 150 Å². The van der Waals surface area contributed by atoms with E-state index in [1.54, 1.807) is 0 Å². The molecule has 1 N–H and O–H groups in total. The van der Waals surface area contributed by atoms with Gasteiger partial charge in [-0.25, -0.2) is 4.98 Å². The summed E-state index contributed by atoms with van der Waals surface area (Å²) in [7, 11) is 17.4. The van der Waals surface area contributed by atoms with Crippen LogP contribution in [-0.2, 0) is 0 Å². The average molecular weight is 917 g/mol. The Bertz CT molecular complexity index is 4160. The maximum absolute atomic E-state index is 11.8. The molecule has 0 unspecified atom stereocenters. The highest BCUT2D eigenvalue weighted by Crippen LogP contribution is 2.43. The molecule has 12 aromatic rings. The topological polar surface area (TPSA) is 68.8 Å². The molecule has 3 heterocycles. The number of fused-ring (bicyclic) bond motifs is 7. The summed E-state index contributed by atoms with van der Waals surface area (Å²) in [5.41, 5.74) is 24.3. The molecular formula is C58H47B8N5O. The van der Waals surface area contributed by atoms with Crippen LogP contribution in [0.15, 0.2) is 164 Å². The number of rotatable bonds is 7. The number of aromatic nitrogens is 5. The SMILES string of the molecule is Bc1c(B)c(B)c(-c2ccc(-n3c4ccccc4c4ccc5c6ccccc6n(-c6nc(-c7ccccc7)nc(-c7ccc(-c8ccccc8)cc7)n6)c5c43)cc2-c2c(B)c(B)c(B)c(O)c2B)c(C)c1B. The number of para-hydroxylation sites is 2. The van der Waals surface area contributed by atoms with Crippen LogP contribution in [0.1, 0.15) is 5.56 Å².